The predicted molar refractivity (Wildman–Crippen MR) is 73.2 cm³/mol. The first-order valence-corrected chi connectivity index (χ1v) is 6.73. The van der Waals surface area contributed by atoms with E-state index in [0.717, 1.165) is 16.2 Å². The van der Waals surface area contributed by atoms with Gasteiger partial charge >= 0.3 is 0 Å². The first-order valence-electron chi connectivity index (χ1n) is 5.85. The third-order valence-corrected chi connectivity index (χ3v) is 3.58. The number of amides is 1. The highest BCUT2D eigenvalue weighted by molar-refractivity contribution is 7.15. The summed E-state index contributed by atoms with van der Waals surface area (Å²) in [6.07, 6.45) is 5.31. The molecular weight excluding hydrogens is 260 g/mol. The zero-order valence-electron chi connectivity index (χ0n) is 10.3. The van der Waals surface area contributed by atoms with Crippen molar-refractivity contribution in [3.63, 3.8) is 0 Å². The highest BCUT2D eigenvalue weighted by Crippen LogP contribution is 2.16. The average Bonchev–Trinajstić information content (AvgIpc) is 2.97. The average molecular weight is 272 g/mol. The lowest BCUT2D eigenvalue weighted by Crippen LogP contribution is -2.24. The molecule has 0 bridgehead atoms. The molecule has 0 saturated heterocycles. The molecule has 0 aliphatic rings. The minimum Gasteiger partial charge on any atom is -0.347 e. The van der Waals surface area contributed by atoms with Gasteiger partial charge in [-0.15, -0.1) is 11.3 Å². The largest absolute Gasteiger partial charge is 0.347 e. The standard InChI is InChI=1S/C13H12N4OS/c1-9-11(17-5-6-19-13(17)16-9)12(18)15-8-10-3-2-4-14-7-10/h2-7H,8H2,1H3,(H,15,18). The van der Waals surface area contributed by atoms with Crippen LogP contribution >= 0.6 is 11.3 Å². The molecule has 3 aromatic heterocycles. The first kappa shape index (κ1) is 11.9. The molecule has 0 saturated carbocycles. The van der Waals surface area contributed by atoms with Crippen molar-refractivity contribution in [2.45, 2.75) is 13.5 Å². The number of aryl methyl sites for hydroxylation is 1. The van der Waals surface area contributed by atoms with Crippen LogP contribution in [0.1, 0.15) is 21.7 Å². The van der Waals surface area contributed by atoms with Gasteiger partial charge in [0.25, 0.3) is 5.91 Å². The molecule has 0 aliphatic heterocycles. The van der Waals surface area contributed by atoms with Gasteiger partial charge in [0.2, 0.25) is 0 Å². The summed E-state index contributed by atoms with van der Waals surface area (Å²) in [4.78, 5) is 21.4. The fourth-order valence-electron chi connectivity index (χ4n) is 1.94. The molecule has 5 nitrogen and oxygen atoms in total. The second-order valence-corrected chi connectivity index (χ2v) is 5.02. The topological polar surface area (TPSA) is 59.3 Å². The van der Waals surface area contributed by atoms with Crippen molar-refractivity contribution in [1.29, 1.82) is 0 Å². The van der Waals surface area contributed by atoms with Gasteiger partial charge in [-0.25, -0.2) is 4.98 Å². The van der Waals surface area contributed by atoms with Crippen molar-refractivity contribution >= 4 is 22.2 Å². The number of fused-ring (bicyclic) bond motifs is 1. The Morgan fingerprint density at radius 3 is 3.21 bits per heavy atom. The lowest BCUT2D eigenvalue weighted by atomic mass is 10.2. The van der Waals surface area contributed by atoms with Crippen LogP contribution in [-0.2, 0) is 6.54 Å². The number of nitrogens with zero attached hydrogens (tertiary/aromatic N) is 3. The van der Waals surface area contributed by atoms with Crippen LogP contribution < -0.4 is 5.32 Å². The number of carbonyl (C=O) groups is 1. The minimum atomic E-state index is -0.118. The Bertz CT molecular complexity index is 717. The lowest BCUT2D eigenvalue weighted by molar-refractivity contribution is 0.0944. The molecular formula is C13H12N4OS. The number of carbonyl (C=O) groups excluding carboxylic acids is 1. The summed E-state index contributed by atoms with van der Waals surface area (Å²) in [6.45, 7) is 2.31. The van der Waals surface area contributed by atoms with E-state index in [2.05, 4.69) is 15.3 Å². The van der Waals surface area contributed by atoms with Crippen molar-refractivity contribution in [2.24, 2.45) is 0 Å². The van der Waals surface area contributed by atoms with Crippen LogP contribution in [0.25, 0.3) is 4.96 Å². The second kappa shape index (κ2) is 4.81. The lowest BCUT2D eigenvalue weighted by Gasteiger charge is -2.04. The Balaban J connectivity index is 1.80. The summed E-state index contributed by atoms with van der Waals surface area (Å²) >= 11 is 1.52. The molecule has 0 aromatic carbocycles. The molecule has 3 aromatic rings. The van der Waals surface area contributed by atoms with E-state index < -0.39 is 0 Å². The molecule has 1 amide bonds. The maximum Gasteiger partial charge on any atom is 0.270 e. The zero-order chi connectivity index (χ0) is 13.2. The number of aromatic nitrogens is 3. The molecule has 0 unspecified atom stereocenters. The number of pyridine rings is 1. The van der Waals surface area contributed by atoms with Crippen LogP contribution in [0.15, 0.2) is 36.1 Å². The maximum atomic E-state index is 12.2. The number of thiazole rings is 1. The van der Waals surface area contributed by atoms with Crippen molar-refractivity contribution in [1.82, 2.24) is 19.7 Å². The Kier molecular flexibility index (Phi) is 3.00. The minimum absolute atomic E-state index is 0.118. The van der Waals surface area contributed by atoms with Crippen LogP contribution in [0.3, 0.4) is 0 Å². The molecule has 0 radical (unpaired) electrons. The first-order chi connectivity index (χ1) is 9.25. The van der Waals surface area contributed by atoms with Gasteiger partial charge in [-0.2, -0.15) is 0 Å². The van der Waals surface area contributed by atoms with E-state index in [0.29, 0.717) is 12.2 Å². The summed E-state index contributed by atoms with van der Waals surface area (Å²) < 4.78 is 1.82. The summed E-state index contributed by atoms with van der Waals surface area (Å²) in [5.74, 6) is -0.118. The third kappa shape index (κ3) is 2.22. The smallest absolute Gasteiger partial charge is 0.270 e. The second-order valence-electron chi connectivity index (χ2n) is 4.15. The van der Waals surface area contributed by atoms with Gasteiger partial charge < -0.3 is 5.32 Å². The number of hydrogen-bond acceptors (Lipinski definition) is 4. The van der Waals surface area contributed by atoms with E-state index >= 15 is 0 Å². The highest BCUT2D eigenvalue weighted by atomic mass is 32.1. The summed E-state index contributed by atoms with van der Waals surface area (Å²) in [5, 5.41) is 4.81. The fourth-order valence-corrected chi connectivity index (χ4v) is 2.70. The SMILES string of the molecule is Cc1nc2sccn2c1C(=O)NCc1cccnc1. The molecule has 0 spiro atoms. The van der Waals surface area contributed by atoms with Crippen molar-refractivity contribution in [3.05, 3.63) is 53.1 Å². The molecule has 19 heavy (non-hydrogen) atoms. The zero-order valence-corrected chi connectivity index (χ0v) is 11.1. The molecule has 1 N–H and O–H groups in total. The van der Waals surface area contributed by atoms with Gasteiger partial charge in [-0.05, 0) is 18.6 Å². The molecule has 0 atom stereocenters. The molecule has 96 valence electrons. The van der Waals surface area contributed by atoms with Crippen LogP contribution in [0.4, 0.5) is 0 Å². The molecule has 0 aliphatic carbocycles. The highest BCUT2D eigenvalue weighted by Gasteiger charge is 2.16. The summed E-state index contributed by atoms with van der Waals surface area (Å²) in [5.41, 5.74) is 2.32. The van der Waals surface area contributed by atoms with Crippen LogP contribution in [0, 0.1) is 6.92 Å². The van der Waals surface area contributed by atoms with Crippen LogP contribution in [0.2, 0.25) is 0 Å². The normalized spacial score (nSPS) is 10.8. The van der Waals surface area contributed by atoms with Crippen molar-refractivity contribution < 1.29 is 4.79 Å². The maximum absolute atomic E-state index is 12.2. The molecule has 0 fully saturated rings. The number of nitrogens with one attached hydrogen (secondary N) is 1. The predicted octanol–water partition coefficient (Wildman–Crippen LogP) is 2.03. The van der Waals surface area contributed by atoms with E-state index in [1.807, 2.05) is 35.0 Å². The number of rotatable bonds is 3. The van der Waals surface area contributed by atoms with Gasteiger partial charge in [0.15, 0.2) is 4.96 Å². The van der Waals surface area contributed by atoms with Gasteiger partial charge in [0.1, 0.15) is 5.69 Å². The fraction of sp³-hybridized carbons (Fsp3) is 0.154. The monoisotopic (exact) mass is 272 g/mol. The van der Waals surface area contributed by atoms with Gasteiger partial charge in [0, 0.05) is 30.5 Å². The molecule has 3 heterocycles. The van der Waals surface area contributed by atoms with E-state index in [-0.39, 0.29) is 5.91 Å². The summed E-state index contributed by atoms with van der Waals surface area (Å²) in [6, 6.07) is 3.78. The van der Waals surface area contributed by atoms with Crippen LogP contribution in [0.5, 0.6) is 0 Å². The van der Waals surface area contributed by atoms with E-state index in [1.54, 1.807) is 12.4 Å². The van der Waals surface area contributed by atoms with Gasteiger partial charge in [-0.1, -0.05) is 6.07 Å². The van der Waals surface area contributed by atoms with Crippen molar-refractivity contribution in [3.8, 4) is 0 Å². The Labute approximate surface area is 113 Å². The van der Waals surface area contributed by atoms with E-state index in [4.69, 9.17) is 0 Å². The molecule has 6 heteroatoms. The van der Waals surface area contributed by atoms with E-state index in [1.165, 1.54) is 11.3 Å². The van der Waals surface area contributed by atoms with Crippen LogP contribution in [-0.4, -0.2) is 20.3 Å². The van der Waals surface area contributed by atoms with Crippen molar-refractivity contribution in [2.75, 3.05) is 0 Å². The Morgan fingerprint density at radius 1 is 1.53 bits per heavy atom. The quantitative estimate of drug-likeness (QED) is 0.793. The number of hydrogen-bond donors (Lipinski definition) is 1. The third-order valence-electron chi connectivity index (χ3n) is 2.83. The van der Waals surface area contributed by atoms with Gasteiger partial charge in [0.05, 0.1) is 5.69 Å². The van der Waals surface area contributed by atoms with E-state index in [9.17, 15) is 4.79 Å². The Hall–Kier alpha value is -2.21. The molecule has 3 rings (SSSR count). The Morgan fingerprint density at radius 2 is 2.42 bits per heavy atom. The number of imidazole rings is 1. The summed E-state index contributed by atoms with van der Waals surface area (Å²) in [7, 11) is 0. The van der Waals surface area contributed by atoms with Gasteiger partial charge in [-0.3, -0.25) is 14.2 Å².